The highest BCUT2D eigenvalue weighted by molar-refractivity contribution is 5.99. The number of nitrogens with zero attached hydrogens (tertiary/aromatic N) is 1. The van der Waals surface area contributed by atoms with E-state index in [1.165, 1.54) is 6.20 Å². The minimum atomic E-state index is -0.953. The van der Waals surface area contributed by atoms with E-state index >= 15 is 0 Å². The third-order valence-electron chi connectivity index (χ3n) is 4.31. The van der Waals surface area contributed by atoms with E-state index in [1.54, 1.807) is 6.20 Å². The smallest absolute Gasteiger partial charge is 0.311 e. The quantitative estimate of drug-likeness (QED) is 0.639. The maximum Gasteiger partial charge on any atom is 0.311 e. The second-order valence-corrected chi connectivity index (χ2v) is 5.97. The summed E-state index contributed by atoms with van der Waals surface area (Å²) in [6.07, 6.45) is 3.29. The van der Waals surface area contributed by atoms with E-state index in [9.17, 15) is 14.7 Å². The molecule has 0 saturated carbocycles. The first-order valence-electron chi connectivity index (χ1n) is 7.97. The van der Waals surface area contributed by atoms with Gasteiger partial charge in [0.2, 0.25) is 0 Å². The van der Waals surface area contributed by atoms with Crippen molar-refractivity contribution in [3.63, 3.8) is 0 Å². The molecule has 0 spiro atoms. The van der Waals surface area contributed by atoms with Crippen molar-refractivity contribution in [3.8, 4) is 0 Å². The second-order valence-electron chi connectivity index (χ2n) is 5.97. The highest BCUT2D eigenvalue weighted by atomic mass is 16.4. The fourth-order valence-electron chi connectivity index (χ4n) is 2.90. The number of amides is 1. The summed E-state index contributed by atoms with van der Waals surface area (Å²) in [7, 11) is 0. The van der Waals surface area contributed by atoms with Crippen molar-refractivity contribution in [1.82, 2.24) is 15.5 Å². The van der Waals surface area contributed by atoms with Gasteiger partial charge in [-0.25, -0.2) is 0 Å². The fraction of sp³-hybridized carbons (Fsp3) is 0.278. The van der Waals surface area contributed by atoms with Gasteiger partial charge in [-0.15, -0.1) is 0 Å². The molecule has 0 fully saturated rings. The van der Waals surface area contributed by atoms with Crippen LogP contribution in [0, 0.1) is 13.8 Å². The number of aromatic nitrogens is 2. The van der Waals surface area contributed by atoms with Crippen LogP contribution in [0.25, 0.3) is 11.0 Å². The lowest BCUT2D eigenvalue weighted by atomic mass is 9.99. The normalized spacial score (nSPS) is 12.2. The van der Waals surface area contributed by atoms with E-state index in [-0.39, 0.29) is 24.6 Å². The predicted molar refractivity (Wildman–Crippen MR) is 91.6 cm³/mol. The molecule has 1 aromatic carbocycles. The Labute approximate surface area is 144 Å². The molecule has 2 heterocycles. The van der Waals surface area contributed by atoms with Gasteiger partial charge in [0, 0.05) is 29.3 Å². The van der Waals surface area contributed by atoms with Gasteiger partial charge in [0.25, 0.3) is 5.91 Å². The predicted octanol–water partition coefficient (Wildman–Crippen LogP) is 2.76. The molecule has 25 heavy (non-hydrogen) atoms. The molecule has 0 aliphatic carbocycles. The maximum atomic E-state index is 12.4. The molecule has 0 radical (unpaired) electrons. The van der Waals surface area contributed by atoms with E-state index in [1.807, 2.05) is 32.0 Å². The lowest BCUT2D eigenvalue weighted by Crippen LogP contribution is -2.27. The zero-order valence-corrected chi connectivity index (χ0v) is 14.0. The first kappa shape index (κ1) is 16.8. The van der Waals surface area contributed by atoms with Crippen molar-refractivity contribution in [1.29, 1.82) is 0 Å². The lowest BCUT2D eigenvalue weighted by molar-refractivity contribution is -0.138. The number of hydrogen-bond acceptors (Lipinski definition) is 4. The standard InChI is InChI=1S/C18H19N3O4/c1-10-4-3-5-13-11(2)16(25-15(10)13)17(22)19-7-6-14(18(23)24)12-8-20-21-9-12/h3-5,8-9,14H,6-7H2,1-2H3,(H,19,22)(H,20,21)(H,23,24). The molecule has 7 nitrogen and oxygen atoms in total. The molecule has 130 valence electrons. The number of hydrogen-bond donors (Lipinski definition) is 3. The van der Waals surface area contributed by atoms with Crippen molar-refractivity contribution in [2.24, 2.45) is 0 Å². The van der Waals surface area contributed by atoms with Crippen molar-refractivity contribution in [2.45, 2.75) is 26.2 Å². The van der Waals surface area contributed by atoms with Crippen LogP contribution in [0.15, 0.2) is 35.0 Å². The summed E-state index contributed by atoms with van der Waals surface area (Å²) >= 11 is 0. The molecule has 0 aliphatic rings. The molecule has 1 amide bonds. The van der Waals surface area contributed by atoms with Gasteiger partial charge >= 0.3 is 5.97 Å². The van der Waals surface area contributed by atoms with E-state index in [2.05, 4.69) is 15.5 Å². The van der Waals surface area contributed by atoms with Crippen LogP contribution in [0.3, 0.4) is 0 Å². The summed E-state index contributed by atoms with van der Waals surface area (Å²) in [5.74, 6) is -1.76. The van der Waals surface area contributed by atoms with Gasteiger partial charge in [0.15, 0.2) is 5.76 Å². The first-order chi connectivity index (χ1) is 12.0. The summed E-state index contributed by atoms with van der Waals surface area (Å²) in [4.78, 5) is 23.8. The van der Waals surface area contributed by atoms with Gasteiger partial charge < -0.3 is 14.8 Å². The van der Waals surface area contributed by atoms with Crippen LogP contribution < -0.4 is 5.32 Å². The monoisotopic (exact) mass is 341 g/mol. The van der Waals surface area contributed by atoms with Crippen LogP contribution in [0.4, 0.5) is 0 Å². The number of benzene rings is 1. The largest absolute Gasteiger partial charge is 0.481 e. The molecule has 0 bridgehead atoms. The lowest BCUT2D eigenvalue weighted by Gasteiger charge is -2.10. The van der Waals surface area contributed by atoms with Crippen molar-refractivity contribution < 1.29 is 19.1 Å². The molecule has 1 atom stereocenters. The van der Waals surface area contributed by atoms with Crippen molar-refractivity contribution >= 4 is 22.8 Å². The Kier molecular flexibility index (Phi) is 4.56. The summed E-state index contributed by atoms with van der Waals surface area (Å²) in [5, 5.41) is 19.3. The minimum absolute atomic E-state index is 0.219. The number of H-pyrrole nitrogens is 1. The second kappa shape index (κ2) is 6.80. The highest BCUT2D eigenvalue weighted by Crippen LogP contribution is 2.27. The number of aliphatic carboxylic acids is 1. The van der Waals surface area contributed by atoms with E-state index in [4.69, 9.17) is 4.42 Å². The molecule has 3 aromatic rings. The number of carboxylic acids is 1. The molecule has 2 aromatic heterocycles. The zero-order chi connectivity index (χ0) is 18.0. The molecular formula is C18H19N3O4. The Bertz CT molecular complexity index is 912. The van der Waals surface area contributed by atoms with Gasteiger partial charge in [-0.05, 0) is 25.8 Å². The SMILES string of the molecule is Cc1c(C(=O)NCCC(C(=O)O)c2cn[nH]c2)oc2c(C)cccc12. The average Bonchev–Trinajstić information content (AvgIpc) is 3.21. The minimum Gasteiger partial charge on any atom is -0.481 e. The van der Waals surface area contributed by atoms with Crippen molar-refractivity contribution in [3.05, 3.63) is 53.0 Å². The number of fused-ring (bicyclic) bond motifs is 1. The molecular weight excluding hydrogens is 322 g/mol. The topological polar surface area (TPSA) is 108 Å². The van der Waals surface area contributed by atoms with Crippen LogP contribution in [0.2, 0.25) is 0 Å². The molecule has 1 unspecified atom stereocenters. The number of carboxylic acid groups (broad SMARTS) is 1. The Balaban J connectivity index is 1.70. The molecule has 3 rings (SSSR count). The Morgan fingerprint density at radius 1 is 1.36 bits per heavy atom. The number of rotatable bonds is 6. The van der Waals surface area contributed by atoms with Crippen LogP contribution in [0.1, 0.15) is 39.6 Å². The van der Waals surface area contributed by atoms with E-state index < -0.39 is 11.9 Å². The number of carbonyl (C=O) groups excluding carboxylic acids is 1. The zero-order valence-electron chi connectivity index (χ0n) is 14.0. The summed E-state index contributed by atoms with van der Waals surface area (Å²) < 4.78 is 5.73. The number of aryl methyl sites for hydroxylation is 2. The number of nitrogens with one attached hydrogen (secondary N) is 2. The number of aromatic amines is 1. The first-order valence-corrected chi connectivity index (χ1v) is 7.97. The third kappa shape index (κ3) is 3.26. The van der Waals surface area contributed by atoms with Gasteiger partial charge in [0.1, 0.15) is 5.58 Å². The van der Waals surface area contributed by atoms with Crippen LogP contribution in [-0.2, 0) is 4.79 Å². The van der Waals surface area contributed by atoms with Crippen LogP contribution >= 0.6 is 0 Å². The third-order valence-corrected chi connectivity index (χ3v) is 4.31. The molecule has 0 saturated heterocycles. The molecule has 3 N–H and O–H groups in total. The summed E-state index contributed by atoms with van der Waals surface area (Å²) in [6.45, 7) is 3.98. The summed E-state index contributed by atoms with van der Waals surface area (Å²) in [6, 6.07) is 5.76. The number of para-hydroxylation sites is 1. The van der Waals surface area contributed by atoms with Crippen LogP contribution in [0.5, 0.6) is 0 Å². The van der Waals surface area contributed by atoms with Gasteiger partial charge in [0.05, 0.1) is 12.1 Å². The van der Waals surface area contributed by atoms with Crippen LogP contribution in [-0.4, -0.2) is 33.7 Å². The van der Waals surface area contributed by atoms with Crippen molar-refractivity contribution in [2.75, 3.05) is 6.54 Å². The van der Waals surface area contributed by atoms with Gasteiger partial charge in [-0.2, -0.15) is 5.10 Å². The number of furan rings is 1. The summed E-state index contributed by atoms with van der Waals surface area (Å²) in [5.41, 5.74) is 3.02. The van der Waals surface area contributed by atoms with Gasteiger partial charge in [-0.1, -0.05) is 18.2 Å². The Morgan fingerprint density at radius 3 is 2.80 bits per heavy atom. The maximum absolute atomic E-state index is 12.4. The average molecular weight is 341 g/mol. The molecule has 7 heteroatoms. The van der Waals surface area contributed by atoms with E-state index in [0.717, 1.165) is 16.5 Å². The Hall–Kier alpha value is -3.09. The van der Waals surface area contributed by atoms with Gasteiger partial charge in [-0.3, -0.25) is 14.7 Å². The fourth-order valence-corrected chi connectivity index (χ4v) is 2.90. The number of carbonyl (C=O) groups is 2. The Morgan fingerprint density at radius 2 is 2.16 bits per heavy atom. The highest BCUT2D eigenvalue weighted by Gasteiger charge is 2.22. The van der Waals surface area contributed by atoms with E-state index in [0.29, 0.717) is 11.1 Å². The molecule has 0 aliphatic heterocycles.